The maximum absolute atomic E-state index is 11.8. The first-order valence-electron chi connectivity index (χ1n) is 5.72. The number of carbonyl (C=O) groups is 1. The highest BCUT2D eigenvalue weighted by molar-refractivity contribution is 8.13. The molecule has 0 heterocycles. The number of halogens is 1. The summed E-state index contributed by atoms with van der Waals surface area (Å²) in [5.74, 6) is 0.490. The zero-order valence-electron chi connectivity index (χ0n) is 9.89. The largest absolute Gasteiger partial charge is 0.349 e. The molecule has 1 saturated carbocycles. The van der Waals surface area contributed by atoms with Crippen molar-refractivity contribution in [3.8, 4) is 0 Å². The van der Waals surface area contributed by atoms with Gasteiger partial charge < -0.3 is 5.32 Å². The minimum absolute atomic E-state index is 0.00187. The van der Waals surface area contributed by atoms with E-state index in [4.69, 9.17) is 10.7 Å². The molecule has 1 N–H and O–H groups in total. The summed E-state index contributed by atoms with van der Waals surface area (Å²) in [7, 11) is 1.47. The van der Waals surface area contributed by atoms with Crippen molar-refractivity contribution in [1.29, 1.82) is 0 Å². The Morgan fingerprint density at radius 3 is 2.28 bits per heavy atom. The Bertz CT molecular complexity index is 547. The van der Waals surface area contributed by atoms with E-state index in [0.29, 0.717) is 11.5 Å². The molecule has 1 aromatic rings. The Morgan fingerprint density at radius 1 is 1.28 bits per heavy atom. The van der Waals surface area contributed by atoms with Gasteiger partial charge in [-0.2, -0.15) is 0 Å². The fourth-order valence-corrected chi connectivity index (χ4v) is 2.83. The highest BCUT2D eigenvalue weighted by Gasteiger charge is 2.26. The van der Waals surface area contributed by atoms with Gasteiger partial charge in [-0.1, -0.05) is 6.92 Å². The number of rotatable bonds is 3. The molecule has 98 valence electrons. The molecule has 1 fully saturated rings. The number of hydrogen-bond acceptors (Lipinski definition) is 3. The van der Waals surface area contributed by atoms with E-state index in [-0.39, 0.29) is 16.8 Å². The van der Waals surface area contributed by atoms with Crippen molar-refractivity contribution in [1.82, 2.24) is 5.32 Å². The molecule has 0 radical (unpaired) electrons. The van der Waals surface area contributed by atoms with Crippen molar-refractivity contribution in [2.24, 2.45) is 5.92 Å². The molecule has 1 amide bonds. The predicted molar refractivity (Wildman–Crippen MR) is 69.1 cm³/mol. The van der Waals surface area contributed by atoms with Gasteiger partial charge in [0.1, 0.15) is 0 Å². The molecule has 0 saturated heterocycles. The van der Waals surface area contributed by atoms with Gasteiger partial charge in [0.15, 0.2) is 0 Å². The van der Waals surface area contributed by atoms with E-state index < -0.39 is 9.05 Å². The van der Waals surface area contributed by atoms with Gasteiger partial charge in [-0.05, 0) is 43.0 Å². The first-order chi connectivity index (χ1) is 8.36. The Balaban J connectivity index is 2.03. The zero-order chi connectivity index (χ0) is 13.3. The molecule has 0 atom stereocenters. The molecule has 0 aromatic heterocycles. The van der Waals surface area contributed by atoms with Crippen LogP contribution in [0.1, 0.15) is 30.1 Å². The first-order valence-corrected chi connectivity index (χ1v) is 8.03. The van der Waals surface area contributed by atoms with E-state index in [1.807, 2.05) is 0 Å². The Kier molecular flexibility index (Phi) is 3.64. The average molecular weight is 288 g/mol. The van der Waals surface area contributed by atoms with Crippen LogP contribution in [0.5, 0.6) is 0 Å². The molecule has 1 aliphatic rings. The summed E-state index contributed by atoms with van der Waals surface area (Å²) in [6.45, 7) is 2.14. The molecule has 0 unspecified atom stereocenters. The number of nitrogens with one attached hydrogen (secondary N) is 1. The number of carbonyl (C=O) groups excluding carboxylic acids is 1. The van der Waals surface area contributed by atoms with Crippen LogP contribution in [0.25, 0.3) is 0 Å². The molecule has 4 nitrogen and oxygen atoms in total. The molecule has 0 bridgehead atoms. The lowest BCUT2D eigenvalue weighted by Crippen LogP contribution is -2.43. The Hall–Kier alpha value is -1.07. The second kappa shape index (κ2) is 4.90. The third kappa shape index (κ3) is 3.03. The standard InChI is InChI=1S/C12H14ClNO3S/c1-8-6-10(7-8)14-12(15)9-2-4-11(5-3-9)18(13,16)17/h2-5,8,10H,6-7H2,1H3,(H,14,15). The third-order valence-corrected chi connectivity index (χ3v) is 4.48. The highest BCUT2D eigenvalue weighted by atomic mass is 35.7. The van der Waals surface area contributed by atoms with Gasteiger partial charge in [0, 0.05) is 22.3 Å². The van der Waals surface area contributed by atoms with Crippen molar-refractivity contribution in [2.75, 3.05) is 0 Å². The quantitative estimate of drug-likeness (QED) is 0.867. The predicted octanol–water partition coefficient (Wildman–Crippen LogP) is 2.14. The molecule has 0 spiro atoms. The molecule has 18 heavy (non-hydrogen) atoms. The van der Waals surface area contributed by atoms with Crippen LogP contribution in [0.2, 0.25) is 0 Å². The van der Waals surface area contributed by atoms with Crippen LogP contribution >= 0.6 is 10.7 Å². The van der Waals surface area contributed by atoms with Crippen LogP contribution in [0, 0.1) is 5.92 Å². The molecule has 0 aliphatic heterocycles. The second-order valence-corrected chi connectivity index (χ2v) is 7.28. The molecule has 1 aromatic carbocycles. The third-order valence-electron chi connectivity index (χ3n) is 3.11. The van der Waals surface area contributed by atoms with E-state index in [2.05, 4.69) is 12.2 Å². The Labute approximate surface area is 111 Å². The van der Waals surface area contributed by atoms with E-state index in [9.17, 15) is 13.2 Å². The lowest BCUT2D eigenvalue weighted by Gasteiger charge is -2.33. The minimum atomic E-state index is -3.73. The molecule has 1 aliphatic carbocycles. The van der Waals surface area contributed by atoms with Crippen molar-refractivity contribution < 1.29 is 13.2 Å². The summed E-state index contributed by atoms with van der Waals surface area (Å²) in [6.07, 6.45) is 2.00. The summed E-state index contributed by atoms with van der Waals surface area (Å²) in [4.78, 5) is 11.8. The second-order valence-electron chi connectivity index (χ2n) is 4.71. The summed E-state index contributed by atoms with van der Waals surface area (Å²) in [6, 6.07) is 5.84. The maximum Gasteiger partial charge on any atom is 0.261 e. The van der Waals surface area contributed by atoms with Gasteiger partial charge in [-0.15, -0.1) is 0 Å². The topological polar surface area (TPSA) is 63.2 Å². The van der Waals surface area contributed by atoms with Crippen LogP contribution in [-0.2, 0) is 9.05 Å². The number of amides is 1. The van der Waals surface area contributed by atoms with Crippen LogP contribution in [0.15, 0.2) is 29.2 Å². The Morgan fingerprint density at radius 2 is 1.83 bits per heavy atom. The first kappa shape index (κ1) is 13.4. The summed E-state index contributed by atoms with van der Waals surface area (Å²) >= 11 is 0. The highest BCUT2D eigenvalue weighted by Crippen LogP contribution is 2.26. The lowest BCUT2D eigenvalue weighted by atomic mass is 9.82. The minimum Gasteiger partial charge on any atom is -0.349 e. The average Bonchev–Trinajstić information content (AvgIpc) is 2.26. The number of benzene rings is 1. The van der Waals surface area contributed by atoms with Crippen molar-refractivity contribution in [3.05, 3.63) is 29.8 Å². The normalized spacial score (nSPS) is 23.2. The SMILES string of the molecule is CC1CC(NC(=O)c2ccc(S(=O)(=O)Cl)cc2)C1. The van der Waals surface area contributed by atoms with Gasteiger partial charge in [0.25, 0.3) is 15.0 Å². The smallest absolute Gasteiger partial charge is 0.261 e. The number of hydrogen-bond donors (Lipinski definition) is 1. The van der Waals surface area contributed by atoms with Crippen molar-refractivity contribution >= 4 is 25.6 Å². The fourth-order valence-electron chi connectivity index (χ4n) is 2.06. The van der Waals surface area contributed by atoms with Gasteiger partial charge in [0.05, 0.1) is 4.90 Å². The summed E-state index contributed by atoms with van der Waals surface area (Å²) < 4.78 is 22.1. The summed E-state index contributed by atoms with van der Waals surface area (Å²) in [5, 5.41) is 2.90. The van der Waals surface area contributed by atoms with Crippen molar-refractivity contribution in [3.63, 3.8) is 0 Å². The van der Waals surface area contributed by atoms with Gasteiger partial charge in [-0.25, -0.2) is 8.42 Å². The fraction of sp³-hybridized carbons (Fsp3) is 0.417. The van der Waals surface area contributed by atoms with Crippen LogP contribution in [-0.4, -0.2) is 20.4 Å². The van der Waals surface area contributed by atoms with Gasteiger partial charge in [0.2, 0.25) is 0 Å². The molecule has 6 heteroatoms. The maximum atomic E-state index is 11.8. The van der Waals surface area contributed by atoms with Crippen molar-refractivity contribution in [2.45, 2.75) is 30.7 Å². The van der Waals surface area contributed by atoms with Crippen LogP contribution in [0.4, 0.5) is 0 Å². The van der Waals surface area contributed by atoms with Crippen LogP contribution in [0.3, 0.4) is 0 Å². The molecular formula is C12H14ClNO3S. The molecular weight excluding hydrogens is 274 g/mol. The molecule has 2 rings (SSSR count). The zero-order valence-corrected chi connectivity index (χ0v) is 11.5. The van der Waals surface area contributed by atoms with E-state index >= 15 is 0 Å². The monoisotopic (exact) mass is 287 g/mol. The lowest BCUT2D eigenvalue weighted by molar-refractivity contribution is 0.0896. The summed E-state index contributed by atoms with van der Waals surface area (Å²) in [5.41, 5.74) is 0.443. The van der Waals surface area contributed by atoms with E-state index in [1.54, 1.807) is 0 Å². The van der Waals surface area contributed by atoms with Crippen LogP contribution < -0.4 is 5.32 Å². The van der Waals surface area contributed by atoms with Gasteiger partial charge in [-0.3, -0.25) is 4.79 Å². The van der Waals surface area contributed by atoms with E-state index in [1.165, 1.54) is 24.3 Å². The van der Waals surface area contributed by atoms with E-state index in [0.717, 1.165) is 12.8 Å². The van der Waals surface area contributed by atoms with Gasteiger partial charge >= 0.3 is 0 Å².